The Morgan fingerprint density at radius 3 is 2.33 bits per heavy atom. The summed E-state index contributed by atoms with van der Waals surface area (Å²) in [6, 6.07) is 18.6. The first-order valence-electron chi connectivity index (χ1n) is 7.56. The van der Waals surface area contributed by atoms with E-state index in [4.69, 9.17) is 5.41 Å². The van der Waals surface area contributed by atoms with E-state index in [1.165, 1.54) is 6.21 Å². The van der Waals surface area contributed by atoms with Crippen molar-refractivity contribution in [1.82, 2.24) is 5.32 Å². The lowest BCUT2D eigenvalue weighted by atomic mass is 10.0. The Balaban J connectivity index is 0.000000177. The molecule has 3 N–H and O–H groups in total. The van der Waals surface area contributed by atoms with Crippen LogP contribution in [0.1, 0.15) is 21.5 Å². The maximum absolute atomic E-state index is 11.0. The minimum absolute atomic E-state index is 0.0370. The molecular formula is C20H20N2O2. The van der Waals surface area contributed by atoms with Gasteiger partial charge >= 0.3 is 0 Å². The highest BCUT2D eigenvalue weighted by molar-refractivity contribution is 6.01. The van der Waals surface area contributed by atoms with Gasteiger partial charge in [0, 0.05) is 24.4 Å². The number of carbonyl (C=O) groups excluding carboxylic acids is 1. The Hall–Kier alpha value is -3.14. The van der Waals surface area contributed by atoms with Crippen LogP contribution in [0.25, 0.3) is 10.8 Å². The molecule has 0 radical (unpaired) electrons. The molecule has 0 aliphatic heterocycles. The summed E-state index contributed by atoms with van der Waals surface area (Å²) in [7, 11) is 1.63. The van der Waals surface area contributed by atoms with Crippen LogP contribution in [0.15, 0.2) is 60.7 Å². The molecule has 4 nitrogen and oxygen atoms in total. The third-order valence-electron chi connectivity index (χ3n) is 3.63. The van der Waals surface area contributed by atoms with Gasteiger partial charge in [0.05, 0.1) is 0 Å². The second-order valence-electron chi connectivity index (χ2n) is 5.31. The molecule has 0 unspecified atom stereocenters. The van der Waals surface area contributed by atoms with Crippen LogP contribution in [0.3, 0.4) is 0 Å². The molecule has 3 rings (SSSR count). The van der Waals surface area contributed by atoms with Gasteiger partial charge in [0.25, 0.3) is 5.91 Å². The molecule has 0 atom stereocenters. The van der Waals surface area contributed by atoms with Crippen molar-refractivity contribution in [3.63, 3.8) is 0 Å². The Morgan fingerprint density at radius 1 is 1.04 bits per heavy atom. The highest BCUT2D eigenvalue weighted by atomic mass is 16.3. The van der Waals surface area contributed by atoms with Crippen molar-refractivity contribution in [3.05, 3.63) is 77.4 Å². The number of aryl methyl sites for hydroxylation is 1. The second kappa shape index (κ2) is 7.92. The quantitative estimate of drug-likeness (QED) is 0.627. The first-order valence-corrected chi connectivity index (χ1v) is 7.56. The van der Waals surface area contributed by atoms with Crippen molar-refractivity contribution >= 4 is 22.9 Å². The molecule has 0 spiro atoms. The lowest BCUT2D eigenvalue weighted by molar-refractivity contribution is 0.0963. The average molecular weight is 320 g/mol. The van der Waals surface area contributed by atoms with Crippen molar-refractivity contribution in [2.24, 2.45) is 0 Å². The number of amides is 1. The van der Waals surface area contributed by atoms with Gasteiger partial charge in [-0.15, -0.1) is 0 Å². The van der Waals surface area contributed by atoms with Crippen molar-refractivity contribution in [3.8, 4) is 5.75 Å². The van der Waals surface area contributed by atoms with Gasteiger partial charge in [-0.05, 0) is 35.9 Å². The number of aromatic hydroxyl groups is 1. The van der Waals surface area contributed by atoms with Crippen molar-refractivity contribution < 1.29 is 9.90 Å². The summed E-state index contributed by atoms with van der Waals surface area (Å²) >= 11 is 0. The Bertz CT molecular complexity index is 855. The zero-order valence-corrected chi connectivity index (χ0v) is 13.7. The van der Waals surface area contributed by atoms with Crippen LogP contribution in [0, 0.1) is 12.3 Å². The van der Waals surface area contributed by atoms with Gasteiger partial charge in [-0.25, -0.2) is 0 Å². The van der Waals surface area contributed by atoms with E-state index >= 15 is 0 Å². The monoisotopic (exact) mass is 320 g/mol. The first-order chi connectivity index (χ1) is 11.6. The fourth-order valence-electron chi connectivity index (χ4n) is 2.29. The molecule has 0 aliphatic rings. The van der Waals surface area contributed by atoms with E-state index in [0.717, 1.165) is 16.3 Å². The maximum atomic E-state index is 11.0. The predicted octanol–water partition coefficient (Wildman–Crippen LogP) is 3.90. The molecule has 24 heavy (non-hydrogen) atoms. The molecule has 3 aromatic rings. The molecular weight excluding hydrogens is 300 g/mol. The minimum Gasteiger partial charge on any atom is -0.507 e. The molecule has 0 aromatic heterocycles. The van der Waals surface area contributed by atoms with Gasteiger partial charge < -0.3 is 15.8 Å². The van der Waals surface area contributed by atoms with Crippen LogP contribution >= 0.6 is 0 Å². The van der Waals surface area contributed by atoms with Crippen LogP contribution in [-0.4, -0.2) is 24.3 Å². The number of hydrogen-bond acceptors (Lipinski definition) is 3. The summed E-state index contributed by atoms with van der Waals surface area (Å²) in [5.74, 6) is 0.124. The van der Waals surface area contributed by atoms with E-state index in [-0.39, 0.29) is 11.7 Å². The molecule has 122 valence electrons. The van der Waals surface area contributed by atoms with E-state index < -0.39 is 0 Å². The Kier molecular flexibility index (Phi) is 5.68. The normalized spacial score (nSPS) is 9.75. The van der Waals surface area contributed by atoms with Gasteiger partial charge in [0.1, 0.15) is 5.75 Å². The molecule has 0 saturated heterocycles. The number of phenols is 1. The van der Waals surface area contributed by atoms with E-state index in [1.807, 2.05) is 61.5 Å². The maximum Gasteiger partial charge on any atom is 0.251 e. The Labute approximate surface area is 141 Å². The number of hydrogen-bond donors (Lipinski definition) is 3. The molecule has 1 amide bonds. The van der Waals surface area contributed by atoms with Crippen LogP contribution in [0.5, 0.6) is 5.75 Å². The van der Waals surface area contributed by atoms with Crippen LogP contribution in [0.2, 0.25) is 0 Å². The zero-order valence-electron chi connectivity index (χ0n) is 13.7. The summed E-state index contributed by atoms with van der Waals surface area (Å²) in [6.07, 6.45) is 1.18. The topological polar surface area (TPSA) is 73.2 Å². The van der Waals surface area contributed by atoms with Crippen molar-refractivity contribution in [2.45, 2.75) is 6.92 Å². The number of rotatable bonds is 2. The van der Waals surface area contributed by atoms with Crippen molar-refractivity contribution in [2.75, 3.05) is 7.05 Å². The highest BCUT2D eigenvalue weighted by Gasteiger charge is 2.02. The minimum atomic E-state index is -0.0370. The van der Waals surface area contributed by atoms with Gasteiger partial charge in [0.2, 0.25) is 0 Å². The molecule has 0 saturated carbocycles. The molecule has 3 aromatic carbocycles. The molecule has 0 bridgehead atoms. The van der Waals surface area contributed by atoms with Crippen LogP contribution in [-0.2, 0) is 0 Å². The number of carbonyl (C=O) groups is 1. The van der Waals surface area contributed by atoms with Gasteiger partial charge in [-0.1, -0.05) is 48.0 Å². The van der Waals surface area contributed by atoms with Crippen LogP contribution < -0.4 is 5.32 Å². The van der Waals surface area contributed by atoms with Gasteiger partial charge in [-0.2, -0.15) is 0 Å². The third-order valence-corrected chi connectivity index (χ3v) is 3.63. The van der Waals surface area contributed by atoms with E-state index in [2.05, 4.69) is 5.32 Å². The largest absolute Gasteiger partial charge is 0.507 e. The zero-order chi connectivity index (χ0) is 17.5. The number of benzene rings is 3. The van der Waals surface area contributed by atoms with E-state index in [0.29, 0.717) is 11.1 Å². The summed E-state index contributed by atoms with van der Waals surface area (Å²) < 4.78 is 0. The smallest absolute Gasteiger partial charge is 0.251 e. The van der Waals surface area contributed by atoms with Crippen LogP contribution in [0.4, 0.5) is 0 Å². The predicted molar refractivity (Wildman–Crippen MR) is 98.1 cm³/mol. The Morgan fingerprint density at radius 2 is 1.71 bits per heavy atom. The lowest BCUT2D eigenvalue weighted by Gasteiger charge is -2.03. The number of nitrogens with one attached hydrogen (secondary N) is 2. The van der Waals surface area contributed by atoms with Crippen molar-refractivity contribution in [1.29, 1.82) is 5.41 Å². The number of phenolic OH excluding ortho intramolecular Hbond substituents is 1. The summed E-state index contributed by atoms with van der Waals surface area (Å²) in [6.45, 7) is 1.99. The molecule has 0 aliphatic carbocycles. The molecule has 0 fully saturated rings. The lowest BCUT2D eigenvalue weighted by Crippen LogP contribution is -2.17. The summed E-state index contributed by atoms with van der Waals surface area (Å²) in [5.41, 5.74) is 2.45. The second-order valence-corrected chi connectivity index (χ2v) is 5.31. The van der Waals surface area contributed by atoms with Gasteiger partial charge in [-0.3, -0.25) is 4.79 Å². The van der Waals surface area contributed by atoms with Gasteiger partial charge in [0.15, 0.2) is 0 Å². The summed E-state index contributed by atoms with van der Waals surface area (Å²) in [4.78, 5) is 11.0. The first kappa shape index (κ1) is 17.2. The summed E-state index contributed by atoms with van der Waals surface area (Å²) in [5, 5.41) is 21.2. The highest BCUT2D eigenvalue weighted by Crippen LogP contribution is 2.24. The third kappa shape index (κ3) is 3.98. The van der Waals surface area contributed by atoms with E-state index in [1.54, 1.807) is 13.1 Å². The average Bonchev–Trinajstić information content (AvgIpc) is 2.62. The molecule has 4 heteroatoms. The molecule has 0 heterocycles. The SMILES string of the molecule is CNC(=O)c1ccc(C)cc1.N=Cc1c(O)ccc2ccccc12. The fraction of sp³-hybridized carbons (Fsp3) is 0.100. The van der Waals surface area contributed by atoms with E-state index in [9.17, 15) is 9.90 Å². The fourth-order valence-corrected chi connectivity index (χ4v) is 2.29. The number of fused-ring (bicyclic) bond motifs is 1. The standard InChI is InChI=1S/C11H9NO.C9H11NO/c12-7-10-9-4-2-1-3-8(9)5-6-11(10)13;1-7-3-5-8(6-4-7)9(11)10-2/h1-7,12-13H;3-6H,1-2H3,(H,10,11).